The number of hydrogen-bond donors (Lipinski definition) is 1. The largest absolute Gasteiger partial charge is 0.493 e. The monoisotopic (exact) mass is 368 g/mol. The van der Waals surface area contributed by atoms with Crippen molar-refractivity contribution in [2.75, 3.05) is 33.8 Å². The number of aliphatic hydroxyl groups is 1. The summed E-state index contributed by atoms with van der Waals surface area (Å²) in [5.74, 6) is 0.835. The maximum atomic E-state index is 12.6. The van der Waals surface area contributed by atoms with Crippen LogP contribution in [0.15, 0.2) is 60.7 Å². The molecule has 5 heteroatoms. The molecule has 3 rings (SSSR count). The predicted octanol–water partition coefficient (Wildman–Crippen LogP) is 2.51. The third kappa shape index (κ3) is 4.49. The molecule has 27 heavy (non-hydrogen) atoms. The van der Waals surface area contributed by atoms with E-state index < -0.39 is 5.60 Å². The van der Waals surface area contributed by atoms with E-state index in [0.717, 1.165) is 11.3 Å². The van der Waals surface area contributed by atoms with Gasteiger partial charge in [0.1, 0.15) is 11.4 Å². The Bertz CT molecular complexity index is 736. The molecule has 1 heterocycles. The van der Waals surface area contributed by atoms with Gasteiger partial charge in [-0.05, 0) is 38.2 Å². The quantitative estimate of drug-likeness (QED) is 0.851. The molecule has 0 aliphatic carbocycles. The number of amides is 1. The minimum absolute atomic E-state index is 0.0629. The lowest BCUT2D eigenvalue weighted by Gasteiger charge is -2.47. The number of benzene rings is 2. The molecule has 1 amide bonds. The number of piperidine rings is 1. The predicted molar refractivity (Wildman–Crippen MR) is 106 cm³/mol. The topological polar surface area (TPSA) is 53.0 Å². The number of nitrogens with zero attached hydrogens (tertiary/aromatic N) is 2. The smallest absolute Gasteiger partial charge is 0.226 e. The van der Waals surface area contributed by atoms with Gasteiger partial charge in [0.15, 0.2) is 0 Å². The molecule has 2 atom stereocenters. The molecule has 0 spiro atoms. The number of para-hydroxylation sites is 1. The van der Waals surface area contributed by atoms with Crippen molar-refractivity contribution in [3.63, 3.8) is 0 Å². The zero-order valence-corrected chi connectivity index (χ0v) is 16.0. The first kappa shape index (κ1) is 19.4. The van der Waals surface area contributed by atoms with E-state index in [4.69, 9.17) is 4.74 Å². The number of rotatable bonds is 6. The van der Waals surface area contributed by atoms with E-state index in [2.05, 4.69) is 0 Å². The highest BCUT2D eigenvalue weighted by Crippen LogP contribution is 2.35. The van der Waals surface area contributed by atoms with Gasteiger partial charge in [-0.15, -0.1) is 0 Å². The van der Waals surface area contributed by atoms with Crippen molar-refractivity contribution in [2.24, 2.45) is 0 Å². The number of likely N-dealkylation sites (N-methyl/N-ethyl adjacent to an activating group) is 1. The summed E-state index contributed by atoms with van der Waals surface area (Å²) in [5.41, 5.74) is -0.0505. The fourth-order valence-corrected chi connectivity index (χ4v) is 3.73. The van der Waals surface area contributed by atoms with Gasteiger partial charge < -0.3 is 19.6 Å². The Kier molecular flexibility index (Phi) is 6.14. The Hall–Kier alpha value is -2.37. The zero-order valence-electron chi connectivity index (χ0n) is 16.0. The number of likely N-dealkylation sites (tertiary alicyclic amines) is 1. The summed E-state index contributed by atoms with van der Waals surface area (Å²) in [6.45, 7) is 1.40. The Morgan fingerprint density at radius 2 is 1.78 bits per heavy atom. The van der Waals surface area contributed by atoms with Gasteiger partial charge in [-0.3, -0.25) is 4.79 Å². The zero-order chi connectivity index (χ0) is 19.3. The molecule has 144 valence electrons. The van der Waals surface area contributed by atoms with Crippen molar-refractivity contribution < 1.29 is 14.6 Å². The van der Waals surface area contributed by atoms with Crippen molar-refractivity contribution in [1.29, 1.82) is 0 Å². The average Bonchev–Trinajstić information content (AvgIpc) is 2.69. The summed E-state index contributed by atoms with van der Waals surface area (Å²) >= 11 is 0. The molecule has 0 aromatic heterocycles. The van der Waals surface area contributed by atoms with Gasteiger partial charge in [0.2, 0.25) is 5.91 Å². The molecule has 0 unspecified atom stereocenters. The van der Waals surface area contributed by atoms with Crippen LogP contribution in [0.25, 0.3) is 0 Å². The molecule has 5 nitrogen and oxygen atoms in total. The van der Waals surface area contributed by atoms with E-state index >= 15 is 0 Å². The molecule has 2 aromatic carbocycles. The molecule has 1 aliphatic rings. The van der Waals surface area contributed by atoms with Crippen molar-refractivity contribution in [2.45, 2.75) is 24.5 Å². The number of carbonyl (C=O) groups excluding carboxylic acids is 1. The van der Waals surface area contributed by atoms with Crippen LogP contribution in [-0.2, 0) is 10.4 Å². The van der Waals surface area contributed by atoms with Gasteiger partial charge >= 0.3 is 0 Å². The van der Waals surface area contributed by atoms with Gasteiger partial charge in [-0.1, -0.05) is 48.5 Å². The lowest BCUT2D eigenvalue weighted by atomic mass is 9.79. The van der Waals surface area contributed by atoms with Crippen LogP contribution in [0.3, 0.4) is 0 Å². The fourth-order valence-electron chi connectivity index (χ4n) is 3.73. The highest BCUT2D eigenvalue weighted by molar-refractivity contribution is 5.76. The van der Waals surface area contributed by atoms with E-state index in [-0.39, 0.29) is 11.9 Å². The average molecular weight is 368 g/mol. The fraction of sp³-hybridized carbons (Fsp3) is 0.409. The second-order valence-corrected chi connectivity index (χ2v) is 7.27. The molecule has 0 radical (unpaired) electrons. The van der Waals surface area contributed by atoms with Crippen LogP contribution in [0.1, 0.15) is 18.4 Å². The Labute approximate surface area is 161 Å². The van der Waals surface area contributed by atoms with E-state index in [1.807, 2.05) is 84.6 Å². The molecule has 1 saturated heterocycles. The van der Waals surface area contributed by atoms with Crippen molar-refractivity contribution >= 4 is 5.91 Å². The normalized spacial score (nSPS) is 22.7. The molecular weight excluding hydrogens is 340 g/mol. The van der Waals surface area contributed by atoms with E-state index in [1.54, 1.807) is 0 Å². The summed E-state index contributed by atoms with van der Waals surface area (Å²) in [6.07, 6.45) is 0.851. The highest BCUT2D eigenvalue weighted by atomic mass is 16.5. The molecule has 1 N–H and O–H groups in total. The van der Waals surface area contributed by atoms with E-state index in [1.165, 1.54) is 0 Å². The maximum absolute atomic E-state index is 12.6. The number of hydrogen-bond acceptors (Lipinski definition) is 4. The van der Waals surface area contributed by atoms with Crippen LogP contribution >= 0.6 is 0 Å². The summed E-state index contributed by atoms with van der Waals surface area (Å²) in [4.78, 5) is 16.5. The van der Waals surface area contributed by atoms with Gasteiger partial charge in [-0.2, -0.15) is 0 Å². The lowest BCUT2D eigenvalue weighted by molar-refractivity contribution is -0.142. The molecule has 2 aromatic rings. The third-order valence-corrected chi connectivity index (χ3v) is 5.29. The van der Waals surface area contributed by atoms with Gasteiger partial charge in [-0.25, -0.2) is 0 Å². The summed E-state index contributed by atoms with van der Waals surface area (Å²) < 4.78 is 5.64. The first-order chi connectivity index (χ1) is 13.0. The van der Waals surface area contributed by atoms with Crippen LogP contribution in [-0.4, -0.2) is 60.6 Å². The van der Waals surface area contributed by atoms with Gasteiger partial charge in [0, 0.05) is 13.1 Å². The third-order valence-electron chi connectivity index (χ3n) is 5.29. The second kappa shape index (κ2) is 8.55. The minimum Gasteiger partial charge on any atom is -0.493 e. The molecule has 0 saturated carbocycles. The molecular formula is C22H28N2O3. The Morgan fingerprint density at radius 3 is 2.41 bits per heavy atom. The van der Waals surface area contributed by atoms with Gasteiger partial charge in [0.05, 0.1) is 19.1 Å². The van der Waals surface area contributed by atoms with Crippen molar-refractivity contribution in [3.05, 3.63) is 66.2 Å². The summed E-state index contributed by atoms with van der Waals surface area (Å²) in [6, 6.07) is 19.1. The number of ether oxygens (including phenoxy) is 1. The standard InChI is InChI=1S/C22H28N2O3/c1-23(2)20-17-24(15-14-22(20,26)18-9-5-3-6-10-18)21(25)13-16-27-19-11-7-4-8-12-19/h3-12,20,26H,13-17H2,1-2H3/t20-,22+/m1/s1. The van der Waals surface area contributed by atoms with E-state index in [0.29, 0.717) is 32.5 Å². The summed E-state index contributed by atoms with van der Waals surface area (Å²) in [7, 11) is 3.90. The highest BCUT2D eigenvalue weighted by Gasteiger charge is 2.44. The van der Waals surface area contributed by atoms with Crippen LogP contribution in [0.2, 0.25) is 0 Å². The minimum atomic E-state index is -0.956. The van der Waals surface area contributed by atoms with Crippen LogP contribution < -0.4 is 4.74 Å². The first-order valence-corrected chi connectivity index (χ1v) is 9.40. The van der Waals surface area contributed by atoms with E-state index in [9.17, 15) is 9.90 Å². The molecule has 1 fully saturated rings. The van der Waals surface area contributed by atoms with Crippen molar-refractivity contribution in [1.82, 2.24) is 9.80 Å². The van der Waals surface area contributed by atoms with Crippen LogP contribution in [0, 0.1) is 0 Å². The molecule has 0 bridgehead atoms. The van der Waals surface area contributed by atoms with Crippen LogP contribution in [0.4, 0.5) is 0 Å². The lowest BCUT2D eigenvalue weighted by Crippen LogP contribution is -2.60. The maximum Gasteiger partial charge on any atom is 0.226 e. The van der Waals surface area contributed by atoms with Crippen LogP contribution in [0.5, 0.6) is 5.75 Å². The Morgan fingerprint density at radius 1 is 1.15 bits per heavy atom. The number of carbonyl (C=O) groups is 1. The summed E-state index contributed by atoms with van der Waals surface area (Å²) in [5, 5.41) is 11.4. The second-order valence-electron chi connectivity index (χ2n) is 7.27. The molecule has 1 aliphatic heterocycles. The Balaban J connectivity index is 1.61. The SMILES string of the molecule is CN(C)[C@@H]1CN(C(=O)CCOc2ccccc2)CC[C@]1(O)c1ccccc1. The first-order valence-electron chi connectivity index (χ1n) is 9.40. The van der Waals surface area contributed by atoms with Crippen molar-refractivity contribution in [3.8, 4) is 5.75 Å². The van der Waals surface area contributed by atoms with Gasteiger partial charge in [0.25, 0.3) is 0 Å².